The fraction of sp³-hybridized carbons (Fsp3) is 0.455. The molecule has 0 amide bonds. The second kappa shape index (κ2) is 3.88. The standard InChI is InChI=1S/C11H15NO2/c1-8-6-9(12)2-3-11(8)14-10-4-5-13-7-10/h2-3,6,10H,4-5,7,12H2,1H3. The van der Waals surface area contributed by atoms with Gasteiger partial charge >= 0.3 is 0 Å². The summed E-state index contributed by atoms with van der Waals surface area (Å²) in [5, 5.41) is 0. The third kappa shape index (κ3) is 1.99. The summed E-state index contributed by atoms with van der Waals surface area (Å²) in [4.78, 5) is 0. The zero-order valence-corrected chi connectivity index (χ0v) is 8.32. The van der Waals surface area contributed by atoms with Gasteiger partial charge in [0.2, 0.25) is 0 Å². The molecular weight excluding hydrogens is 178 g/mol. The van der Waals surface area contributed by atoms with Gasteiger partial charge in [-0.05, 0) is 30.7 Å². The lowest BCUT2D eigenvalue weighted by molar-refractivity contribution is 0.141. The second-order valence-electron chi connectivity index (χ2n) is 3.63. The Morgan fingerprint density at radius 3 is 3.00 bits per heavy atom. The van der Waals surface area contributed by atoms with Gasteiger partial charge in [0.15, 0.2) is 0 Å². The SMILES string of the molecule is Cc1cc(N)ccc1OC1CCOC1. The van der Waals surface area contributed by atoms with Crippen LogP contribution in [0.2, 0.25) is 0 Å². The molecular formula is C11H15NO2. The van der Waals surface area contributed by atoms with E-state index in [-0.39, 0.29) is 6.10 Å². The average Bonchev–Trinajstić information content (AvgIpc) is 2.62. The molecule has 3 heteroatoms. The number of nitrogens with two attached hydrogens (primary N) is 1. The van der Waals surface area contributed by atoms with Gasteiger partial charge in [0, 0.05) is 12.1 Å². The van der Waals surface area contributed by atoms with Crippen LogP contribution in [-0.4, -0.2) is 19.3 Å². The monoisotopic (exact) mass is 193 g/mol. The van der Waals surface area contributed by atoms with Crippen LogP contribution in [0, 0.1) is 6.92 Å². The van der Waals surface area contributed by atoms with Gasteiger partial charge in [-0.15, -0.1) is 0 Å². The number of ether oxygens (including phenoxy) is 2. The van der Waals surface area contributed by atoms with E-state index in [2.05, 4.69) is 0 Å². The highest BCUT2D eigenvalue weighted by atomic mass is 16.5. The molecule has 1 unspecified atom stereocenters. The first-order valence-electron chi connectivity index (χ1n) is 4.86. The van der Waals surface area contributed by atoms with E-state index >= 15 is 0 Å². The second-order valence-corrected chi connectivity index (χ2v) is 3.63. The quantitative estimate of drug-likeness (QED) is 0.728. The molecule has 2 rings (SSSR count). The molecule has 3 nitrogen and oxygen atoms in total. The van der Waals surface area contributed by atoms with Crippen molar-refractivity contribution in [2.75, 3.05) is 18.9 Å². The third-order valence-electron chi connectivity index (χ3n) is 2.38. The van der Waals surface area contributed by atoms with Gasteiger partial charge in [-0.1, -0.05) is 0 Å². The van der Waals surface area contributed by atoms with Gasteiger partial charge in [-0.25, -0.2) is 0 Å². The normalized spacial score (nSPS) is 21.1. The van der Waals surface area contributed by atoms with Crippen molar-refractivity contribution in [3.63, 3.8) is 0 Å². The Kier molecular flexibility index (Phi) is 2.59. The van der Waals surface area contributed by atoms with E-state index in [9.17, 15) is 0 Å². The maximum Gasteiger partial charge on any atom is 0.124 e. The lowest BCUT2D eigenvalue weighted by Crippen LogP contribution is -2.16. The Morgan fingerprint density at radius 2 is 2.36 bits per heavy atom. The fourth-order valence-corrected chi connectivity index (χ4v) is 1.59. The van der Waals surface area contributed by atoms with Gasteiger partial charge in [0.25, 0.3) is 0 Å². The number of hydrogen-bond acceptors (Lipinski definition) is 3. The average molecular weight is 193 g/mol. The van der Waals surface area contributed by atoms with Crippen LogP contribution in [0.3, 0.4) is 0 Å². The fourth-order valence-electron chi connectivity index (χ4n) is 1.59. The first-order chi connectivity index (χ1) is 6.75. The predicted molar refractivity (Wildman–Crippen MR) is 55.4 cm³/mol. The van der Waals surface area contributed by atoms with Crippen molar-refractivity contribution in [3.8, 4) is 5.75 Å². The molecule has 0 aromatic heterocycles. The van der Waals surface area contributed by atoms with Crippen LogP contribution in [0.5, 0.6) is 5.75 Å². The smallest absolute Gasteiger partial charge is 0.124 e. The van der Waals surface area contributed by atoms with Crippen molar-refractivity contribution in [2.45, 2.75) is 19.4 Å². The van der Waals surface area contributed by atoms with Crippen LogP contribution in [0.25, 0.3) is 0 Å². The molecule has 0 spiro atoms. The van der Waals surface area contributed by atoms with E-state index in [1.165, 1.54) is 0 Å². The first-order valence-corrected chi connectivity index (χ1v) is 4.86. The molecule has 1 heterocycles. The van der Waals surface area contributed by atoms with Crippen LogP contribution in [-0.2, 0) is 4.74 Å². The maximum atomic E-state index is 5.78. The van der Waals surface area contributed by atoms with Crippen molar-refractivity contribution in [3.05, 3.63) is 23.8 Å². The highest BCUT2D eigenvalue weighted by molar-refractivity contribution is 5.47. The van der Waals surface area contributed by atoms with E-state index in [0.717, 1.165) is 30.0 Å². The summed E-state index contributed by atoms with van der Waals surface area (Å²) in [6.07, 6.45) is 1.18. The van der Waals surface area contributed by atoms with Crippen molar-refractivity contribution in [1.82, 2.24) is 0 Å². The molecule has 14 heavy (non-hydrogen) atoms. The van der Waals surface area contributed by atoms with Gasteiger partial charge in [0.1, 0.15) is 11.9 Å². The van der Waals surface area contributed by atoms with Crippen LogP contribution in [0.15, 0.2) is 18.2 Å². The number of nitrogen functional groups attached to an aromatic ring is 1. The van der Waals surface area contributed by atoms with E-state index in [4.69, 9.17) is 15.2 Å². The molecule has 1 aliphatic heterocycles. The van der Waals surface area contributed by atoms with Crippen molar-refractivity contribution in [1.29, 1.82) is 0 Å². The Hall–Kier alpha value is -1.22. The molecule has 1 saturated heterocycles. The van der Waals surface area contributed by atoms with E-state index in [1.54, 1.807) is 0 Å². The lowest BCUT2D eigenvalue weighted by atomic mass is 10.2. The summed E-state index contributed by atoms with van der Waals surface area (Å²) >= 11 is 0. The van der Waals surface area contributed by atoms with Crippen LogP contribution in [0.1, 0.15) is 12.0 Å². The van der Waals surface area contributed by atoms with Crippen molar-refractivity contribution < 1.29 is 9.47 Å². The molecule has 0 aliphatic carbocycles. The zero-order chi connectivity index (χ0) is 9.97. The Morgan fingerprint density at radius 1 is 1.50 bits per heavy atom. The van der Waals surface area contributed by atoms with E-state index < -0.39 is 0 Å². The third-order valence-corrected chi connectivity index (χ3v) is 2.38. The van der Waals surface area contributed by atoms with E-state index in [1.807, 2.05) is 25.1 Å². The number of hydrogen-bond donors (Lipinski definition) is 1. The van der Waals surface area contributed by atoms with Gasteiger partial charge < -0.3 is 15.2 Å². The van der Waals surface area contributed by atoms with Gasteiger partial charge in [-0.2, -0.15) is 0 Å². The largest absolute Gasteiger partial charge is 0.488 e. The maximum absolute atomic E-state index is 5.78. The number of rotatable bonds is 2. The molecule has 76 valence electrons. The van der Waals surface area contributed by atoms with Crippen molar-refractivity contribution in [2.24, 2.45) is 0 Å². The van der Waals surface area contributed by atoms with Crippen molar-refractivity contribution >= 4 is 5.69 Å². The highest BCUT2D eigenvalue weighted by Crippen LogP contribution is 2.23. The lowest BCUT2D eigenvalue weighted by Gasteiger charge is -2.14. The molecule has 1 aliphatic rings. The summed E-state index contributed by atoms with van der Waals surface area (Å²) in [6, 6.07) is 5.70. The van der Waals surface area contributed by atoms with Gasteiger partial charge in [-0.3, -0.25) is 0 Å². The van der Waals surface area contributed by atoms with Crippen LogP contribution < -0.4 is 10.5 Å². The molecule has 0 radical (unpaired) electrons. The topological polar surface area (TPSA) is 44.5 Å². The molecule has 1 aromatic carbocycles. The summed E-state index contributed by atoms with van der Waals surface area (Å²) in [7, 11) is 0. The summed E-state index contributed by atoms with van der Waals surface area (Å²) in [5.74, 6) is 0.912. The zero-order valence-electron chi connectivity index (χ0n) is 8.32. The van der Waals surface area contributed by atoms with E-state index in [0.29, 0.717) is 6.61 Å². The summed E-state index contributed by atoms with van der Waals surface area (Å²) in [6.45, 7) is 3.50. The van der Waals surface area contributed by atoms with Crippen LogP contribution in [0.4, 0.5) is 5.69 Å². The Balaban J connectivity index is 2.08. The predicted octanol–water partition coefficient (Wildman–Crippen LogP) is 1.74. The molecule has 1 atom stereocenters. The number of aryl methyl sites for hydroxylation is 1. The summed E-state index contributed by atoms with van der Waals surface area (Å²) in [5.41, 5.74) is 7.51. The minimum absolute atomic E-state index is 0.206. The Bertz CT molecular complexity index is 319. The number of benzene rings is 1. The van der Waals surface area contributed by atoms with Gasteiger partial charge in [0.05, 0.1) is 13.2 Å². The number of anilines is 1. The minimum Gasteiger partial charge on any atom is -0.488 e. The molecule has 0 bridgehead atoms. The molecule has 0 saturated carbocycles. The highest BCUT2D eigenvalue weighted by Gasteiger charge is 2.17. The molecule has 1 fully saturated rings. The summed E-state index contributed by atoms with van der Waals surface area (Å²) < 4.78 is 11.0. The first kappa shape index (κ1) is 9.34. The van der Waals surface area contributed by atoms with Crippen LogP contribution >= 0.6 is 0 Å². The minimum atomic E-state index is 0.206. The molecule has 1 aromatic rings. The molecule has 2 N–H and O–H groups in total. The Labute approximate surface area is 83.8 Å².